The van der Waals surface area contributed by atoms with Crippen molar-refractivity contribution in [2.75, 3.05) is 14.2 Å². The Kier molecular flexibility index (Phi) is 26.0. The van der Waals surface area contributed by atoms with Gasteiger partial charge in [-0.05, 0) is 12.8 Å². The van der Waals surface area contributed by atoms with Gasteiger partial charge in [-0.2, -0.15) is 0 Å². The van der Waals surface area contributed by atoms with Gasteiger partial charge < -0.3 is 24.5 Å². The summed E-state index contributed by atoms with van der Waals surface area (Å²) in [5.74, 6) is -3.65. The van der Waals surface area contributed by atoms with Crippen LogP contribution in [0.2, 0.25) is 0 Å². The molecule has 0 amide bonds. The van der Waals surface area contributed by atoms with Gasteiger partial charge in [0.15, 0.2) is 6.29 Å². The fourth-order valence-electron chi connectivity index (χ4n) is 1.11. The molecule has 0 aliphatic carbocycles. The molecule has 142 valence electrons. The number of rotatable bonds is 10. The van der Waals surface area contributed by atoms with E-state index in [1.54, 1.807) is 26.4 Å². The van der Waals surface area contributed by atoms with Gasteiger partial charge in [-0.25, -0.2) is 9.59 Å². The summed E-state index contributed by atoms with van der Waals surface area (Å²) in [5, 5.41) is 14.8. The van der Waals surface area contributed by atoms with Gasteiger partial charge in [0, 0.05) is 27.1 Å². The molecule has 0 rings (SSSR count). The molecule has 25 heavy (non-hydrogen) atoms. The topological polar surface area (TPSA) is 110 Å². The Morgan fingerprint density at radius 3 is 1.68 bits per heavy atom. The number of ether oxygens (including phenoxy) is 2. The van der Waals surface area contributed by atoms with Crippen LogP contribution in [0, 0.1) is 0 Å². The molecule has 0 radical (unpaired) electrons. The van der Waals surface area contributed by atoms with Crippen LogP contribution in [0.1, 0.15) is 25.7 Å². The number of unbranched alkanes of at least 4 members (excludes halogenated alkanes) is 1. The molecule has 0 aliphatic heterocycles. The van der Waals surface area contributed by atoms with Crippen molar-refractivity contribution in [2.45, 2.75) is 32.0 Å². The van der Waals surface area contributed by atoms with E-state index >= 15 is 0 Å². The zero-order valence-electron chi connectivity index (χ0n) is 14.8. The average Bonchev–Trinajstić information content (AvgIpc) is 2.60. The third-order valence-corrected chi connectivity index (χ3v) is 2.27. The third-order valence-electron chi connectivity index (χ3n) is 2.27. The van der Waals surface area contributed by atoms with E-state index in [1.165, 1.54) is 0 Å². The minimum Gasteiger partial charge on any atom is -0.473 e. The molecule has 0 fully saturated rings. The smallest absolute Gasteiger partial charge is 0.414 e. The molecule has 0 aromatic heterocycles. The first-order valence-electron chi connectivity index (χ1n) is 7.41. The highest BCUT2D eigenvalue weighted by molar-refractivity contribution is 6.27. The lowest BCUT2D eigenvalue weighted by Crippen LogP contribution is -2.11. The van der Waals surface area contributed by atoms with Crippen molar-refractivity contribution in [1.82, 2.24) is 0 Å². The standard InChI is InChI=1S/C9H16O2.C7H10O.C2H2O4/c1-4-5-6-7-8-9(10-2)11-3;1-2-3-4-5-6-7-8;3-1(4)2(5)6/h4-6,9H,1,7-8H2,2-3H3;2-4,7H,1,5-6H2;(H,3,4)(H,5,6)/b6-5-;4-3-;. The Morgan fingerprint density at radius 2 is 1.36 bits per heavy atom. The second-order valence-electron chi connectivity index (χ2n) is 4.16. The fourth-order valence-corrected chi connectivity index (χ4v) is 1.11. The number of carbonyl (C=O) groups is 3. The van der Waals surface area contributed by atoms with E-state index in [0.717, 1.165) is 25.5 Å². The molecule has 0 bridgehead atoms. The van der Waals surface area contributed by atoms with Gasteiger partial charge >= 0.3 is 11.9 Å². The molecule has 0 heterocycles. The van der Waals surface area contributed by atoms with Gasteiger partial charge in [0.25, 0.3) is 0 Å². The number of carbonyl (C=O) groups excluding carboxylic acids is 1. The highest BCUT2D eigenvalue weighted by Gasteiger charge is 2.04. The average molecular weight is 356 g/mol. The third kappa shape index (κ3) is 30.0. The number of methoxy groups -OCH3 is 2. The maximum Gasteiger partial charge on any atom is 0.414 e. The Morgan fingerprint density at radius 1 is 0.920 bits per heavy atom. The van der Waals surface area contributed by atoms with Gasteiger partial charge in [0.05, 0.1) is 0 Å². The van der Waals surface area contributed by atoms with Crippen molar-refractivity contribution < 1.29 is 34.1 Å². The Bertz CT molecular complexity index is 409. The zero-order chi connectivity index (χ0) is 19.9. The molecule has 0 atom stereocenters. The van der Waals surface area contributed by atoms with E-state index in [4.69, 9.17) is 29.3 Å². The van der Waals surface area contributed by atoms with Crippen LogP contribution in [0.25, 0.3) is 0 Å². The van der Waals surface area contributed by atoms with Crippen LogP contribution in [0.3, 0.4) is 0 Å². The minimum atomic E-state index is -1.82. The molecule has 0 unspecified atom stereocenters. The maximum atomic E-state index is 9.71. The molecule has 0 aliphatic rings. The summed E-state index contributed by atoms with van der Waals surface area (Å²) in [6.07, 6.45) is 15.3. The molecule has 2 N–H and O–H groups in total. The molecule has 0 aromatic rings. The van der Waals surface area contributed by atoms with Gasteiger partial charge in [-0.3, -0.25) is 0 Å². The largest absolute Gasteiger partial charge is 0.473 e. The Hall–Kier alpha value is -2.51. The summed E-state index contributed by atoms with van der Waals surface area (Å²) in [4.78, 5) is 27.9. The summed E-state index contributed by atoms with van der Waals surface area (Å²) in [7, 11) is 3.29. The summed E-state index contributed by atoms with van der Waals surface area (Å²) in [5.41, 5.74) is 0. The summed E-state index contributed by atoms with van der Waals surface area (Å²) in [6, 6.07) is 0. The van der Waals surface area contributed by atoms with Crippen molar-refractivity contribution in [1.29, 1.82) is 0 Å². The van der Waals surface area contributed by atoms with Gasteiger partial charge in [-0.15, -0.1) is 0 Å². The van der Waals surface area contributed by atoms with Crippen LogP contribution < -0.4 is 0 Å². The normalized spacial score (nSPS) is 9.72. The molecule has 0 aromatic carbocycles. The van der Waals surface area contributed by atoms with Crippen LogP contribution >= 0.6 is 0 Å². The summed E-state index contributed by atoms with van der Waals surface area (Å²) >= 11 is 0. The first-order chi connectivity index (χ1) is 11.9. The quantitative estimate of drug-likeness (QED) is 0.203. The number of hydrogen-bond acceptors (Lipinski definition) is 5. The predicted molar refractivity (Wildman–Crippen MR) is 96.3 cm³/mol. The first kappa shape index (κ1) is 27.3. The molecule has 0 saturated carbocycles. The maximum absolute atomic E-state index is 9.71. The lowest BCUT2D eigenvalue weighted by molar-refractivity contribution is -0.159. The fraction of sp³-hybridized carbons (Fsp3) is 0.389. The summed E-state index contributed by atoms with van der Waals surface area (Å²) in [6.45, 7) is 7.05. The number of allylic oxidation sites excluding steroid dienone is 6. The van der Waals surface area contributed by atoms with Crippen LogP contribution in [0.5, 0.6) is 0 Å². The van der Waals surface area contributed by atoms with Crippen molar-refractivity contribution in [3.8, 4) is 0 Å². The minimum absolute atomic E-state index is 0.0792. The van der Waals surface area contributed by atoms with E-state index in [2.05, 4.69) is 13.2 Å². The van der Waals surface area contributed by atoms with Gasteiger partial charge in [-0.1, -0.05) is 49.6 Å². The van der Waals surface area contributed by atoms with Crippen LogP contribution in [-0.2, 0) is 23.9 Å². The van der Waals surface area contributed by atoms with E-state index in [9.17, 15) is 4.79 Å². The monoisotopic (exact) mass is 356 g/mol. The van der Waals surface area contributed by atoms with E-state index < -0.39 is 11.9 Å². The van der Waals surface area contributed by atoms with Crippen molar-refractivity contribution in [2.24, 2.45) is 0 Å². The predicted octanol–water partition coefficient (Wildman–Crippen LogP) is 2.99. The second-order valence-corrected chi connectivity index (χ2v) is 4.16. The highest BCUT2D eigenvalue weighted by atomic mass is 16.7. The molecular formula is C18H28O7. The molecule has 7 heteroatoms. The van der Waals surface area contributed by atoms with Crippen molar-refractivity contribution >= 4 is 18.2 Å². The first-order valence-corrected chi connectivity index (χ1v) is 7.41. The van der Waals surface area contributed by atoms with Crippen molar-refractivity contribution in [3.05, 3.63) is 49.6 Å². The lowest BCUT2D eigenvalue weighted by atomic mass is 10.3. The Labute approximate surface area is 148 Å². The van der Waals surface area contributed by atoms with Crippen LogP contribution in [-0.4, -0.2) is 48.9 Å². The zero-order valence-corrected chi connectivity index (χ0v) is 14.8. The number of carboxylic acids is 2. The van der Waals surface area contributed by atoms with Gasteiger partial charge in [0.2, 0.25) is 0 Å². The highest BCUT2D eigenvalue weighted by Crippen LogP contribution is 2.02. The SMILES string of the molecule is C=C/C=C\CCC(OC)OC.C=C/C=C\CCC=O.O=C(O)C(=O)O. The Balaban J connectivity index is -0.000000306. The molecule has 0 saturated heterocycles. The van der Waals surface area contributed by atoms with E-state index in [0.29, 0.717) is 6.42 Å². The number of aliphatic carboxylic acids is 2. The molecular weight excluding hydrogens is 328 g/mol. The summed E-state index contributed by atoms with van der Waals surface area (Å²) < 4.78 is 10.00. The van der Waals surface area contributed by atoms with Crippen LogP contribution in [0.4, 0.5) is 0 Å². The van der Waals surface area contributed by atoms with E-state index in [-0.39, 0.29) is 6.29 Å². The second kappa shape index (κ2) is 23.8. The molecule has 0 spiro atoms. The number of aldehydes is 1. The van der Waals surface area contributed by atoms with Crippen LogP contribution in [0.15, 0.2) is 49.6 Å². The molecule has 7 nitrogen and oxygen atoms in total. The number of carboxylic acid groups (broad SMARTS) is 2. The van der Waals surface area contributed by atoms with Crippen molar-refractivity contribution in [3.63, 3.8) is 0 Å². The van der Waals surface area contributed by atoms with E-state index in [1.807, 2.05) is 24.3 Å². The number of hydrogen-bond donors (Lipinski definition) is 2. The van der Waals surface area contributed by atoms with Gasteiger partial charge in [0.1, 0.15) is 6.29 Å². The lowest BCUT2D eigenvalue weighted by Gasteiger charge is -2.10.